The summed E-state index contributed by atoms with van der Waals surface area (Å²) in [7, 11) is 0. The van der Waals surface area contributed by atoms with Crippen LogP contribution in [-0.4, -0.2) is 23.0 Å². The maximum absolute atomic E-state index is 12.6. The Labute approximate surface area is 115 Å². The summed E-state index contributed by atoms with van der Waals surface area (Å²) in [5.41, 5.74) is 5.35. The van der Waals surface area contributed by atoms with Crippen LogP contribution in [0, 0.1) is 11.3 Å². The van der Waals surface area contributed by atoms with Gasteiger partial charge in [0, 0.05) is 5.41 Å². The molecule has 0 aliphatic heterocycles. The largest absolute Gasteiger partial charge is 0.409 e. The average molecular weight is 269 g/mol. The summed E-state index contributed by atoms with van der Waals surface area (Å²) >= 11 is 0. The Bertz CT molecular complexity index is 334. The Hall–Kier alpha value is -1.26. The second-order valence-electron chi connectivity index (χ2n) is 6.04. The van der Waals surface area contributed by atoms with E-state index in [0.717, 1.165) is 32.1 Å². The third-order valence-electron chi connectivity index (χ3n) is 4.03. The number of oxime groups is 1. The molecule has 1 atom stereocenters. The van der Waals surface area contributed by atoms with Crippen molar-refractivity contribution in [3.05, 3.63) is 0 Å². The molecule has 0 bridgehead atoms. The molecule has 1 aliphatic carbocycles. The quantitative estimate of drug-likeness (QED) is 0.299. The molecule has 0 aromatic rings. The Kier molecular flexibility index (Phi) is 5.63. The van der Waals surface area contributed by atoms with Gasteiger partial charge in [0.2, 0.25) is 5.91 Å². The third kappa shape index (κ3) is 3.85. The molecule has 1 saturated carbocycles. The smallest absolute Gasteiger partial charge is 0.226 e. The second-order valence-corrected chi connectivity index (χ2v) is 6.04. The summed E-state index contributed by atoms with van der Waals surface area (Å²) in [5.74, 6) is 0.637. The lowest BCUT2D eigenvalue weighted by atomic mass is 9.77. The van der Waals surface area contributed by atoms with E-state index in [2.05, 4.69) is 24.3 Å². The molecule has 0 heterocycles. The topological polar surface area (TPSA) is 87.7 Å². The molecule has 0 aromatic heterocycles. The van der Waals surface area contributed by atoms with Crippen LogP contribution in [0.15, 0.2) is 5.16 Å². The van der Waals surface area contributed by atoms with Gasteiger partial charge in [0.05, 0.1) is 6.04 Å². The van der Waals surface area contributed by atoms with E-state index < -0.39 is 0 Å². The lowest BCUT2D eigenvalue weighted by Gasteiger charge is -2.31. The highest BCUT2D eigenvalue weighted by Crippen LogP contribution is 2.43. The van der Waals surface area contributed by atoms with Gasteiger partial charge in [-0.1, -0.05) is 38.8 Å². The zero-order chi connectivity index (χ0) is 14.5. The van der Waals surface area contributed by atoms with Gasteiger partial charge in [-0.3, -0.25) is 4.79 Å². The SMILES string of the molecule is CCC(NC(=O)C1(CC(C)C)CCCC1)C(N)=NO. The summed E-state index contributed by atoms with van der Waals surface area (Å²) in [5, 5.41) is 14.7. The Morgan fingerprint density at radius 3 is 2.42 bits per heavy atom. The highest BCUT2D eigenvalue weighted by Gasteiger charge is 2.42. The van der Waals surface area contributed by atoms with Gasteiger partial charge in [0.15, 0.2) is 5.84 Å². The first-order valence-electron chi connectivity index (χ1n) is 7.23. The number of carbonyl (C=O) groups excluding carboxylic acids is 1. The maximum Gasteiger partial charge on any atom is 0.226 e. The molecule has 0 aromatic carbocycles. The summed E-state index contributed by atoms with van der Waals surface area (Å²) in [6, 6.07) is -0.373. The first-order valence-corrected chi connectivity index (χ1v) is 7.23. The predicted molar refractivity (Wildman–Crippen MR) is 76.0 cm³/mol. The van der Waals surface area contributed by atoms with E-state index in [4.69, 9.17) is 10.9 Å². The first-order chi connectivity index (χ1) is 8.95. The Balaban J connectivity index is 2.77. The number of nitrogens with one attached hydrogen (secondary N) is 1. The van der Waals surface area contributed by atoms with Crippen molar-refractivity contribution in [2.24, 2.45) is 22.2 Å². The van der Waals surface area contributed by atoms with Crippen LogP contribution >= 0.6 is 0 Å². The Morgan fingerprint density at radius 2 is 2.00 bits per heavy atom. The van der Waals surface area contributed by atoms with Crippen LogP contribution in [0.25, 0.3) is 0 Å². The van der Waals surface area contributed by atoms with Gasteiger partial charge in [-0.2, -0.15) is 0 Å². The second kappa shape index (κ2) is 6.78. The molecule has 1 unspecified atom stereocenters. The van der Waals surface area contributed by atoms with Crippen LogP contribution in [0.1, 0.15) is 59.3 Å². The minimum Gasteiger partial charge on any atom is -0.409 e. The number of nitrogens with zero attached hydrogens (tertiary/aromatic N) is 1. The minimum absolute atomic E-state index is 0.0668. The Morgan fingerprint density at radius 1 is 1.42 bits per heavy atom. The van der Waals surface area contributed by atoms with Crippen molar-refractivity contribution in [2.45, 2.75) is 65.3 Å². The van der Waals surface area contributed by atoms with Crippen LogP contribution in [0.4, 0.5) is 0 Å². The fourth-order valence-corrected chi connectivity index (χ4v) is 3.12. The number of hydrogen-bond acceptors (Lipinski definition) is 3. The molecular formula is C14H27N3O2. The van der Waals surface area contributed by atoms with Crippen molar-refractivity contribution in [3.63, 3.8) is 0 Å². The minimum atomic E-state index is -0.373. The van der Waals surface area contributed by atoms with Gasteiger partial charge in [-0.25, -0.2) is 0 Å². The van der Waals surface area contributed by atoms with Crippen molar-refractivity contribution >= 4 is 11.7 Å². The van der Waals surface area contributed by atoms with E-state index in [1.807, 2.05) is 6.92 Å². The van der Waals surface area contributed by atoms with Crippen molar-refractivity contribution in [1.82, 2.24) is 5.32 Å². The van der Waals surface area contributed by atoms with Crippen molar-refractivity contribution < 1.29 is 10.0 Å². The van der Waals surface area contributed by atoms with Crippen LogP contribution in [0.3, 0.4) is 0 Å². The standard InChI is InChI=1S/C14H27N3O2/c1-4-11(12(15)17-19)16-13(18)14(9-10(2)3)7-5-6-8-14/h10-11,19H,4-9H2,1-3H3,(H2,15,17)(H,16,18). The number of hydrogen-bond donors (Lipinski definition) is 3. The summed E-state index contributed by atoms with van der Waals surface area (Å²) in [4.78, 5) is 12.6. The molecule has 5 nitrogen and oxygen atoms in total. The van der Waals surface area contributed by atoms with E-state index in [1.165, 1.54) is 0 Å². The van der Waals surface area contributed by atoms with E-state index in [0.29, 0.717) is 12.3 Å². The van der Waals surface area contributed by atoms with Crippen LogP contribution in [-0.2, 0) is 4.79 Å². The van der Waals surface area contributed by atoms with Crippen LogP contribution in [0.2, 0.25) is 0 Å². The molecule has 1 fully saturated rings. The van der Waals surface area contributed by atoms with Crippen molar-refractivity contribution in [1.29, 1.82) is 0 Å². The van der Waals surface area contributed by atoms with Gasteiger partial charge >= 0.3 is 0 Å². The number of nitrogens with two attached hydrogens (primary N) is 1. The molecular weight excluding hydrogens is 242 g/mol. The number of amidine groups is 1. The fraction of sp³-hybridized carbons (Fsp3) is 0.857. The molecule has 19 heavy (non-hydrogen) atoms. The highest BCUT2D eigenvalue weighted by molar-refractivity contribution is 5.91. The predicted octanol–water partition coefficient (Wildman–Crippen LogP) is 2.23. The first kappa shape index (κ1) is 15.8. The van der Waals surface area contributed by atoms with Crippen molar-refractivity contribution in [2.75, 3.05) is 0 Å². The van der Waals surface area contributed by atoms with Crippen LogP contribution < -0.4 is 11.1 Å². The lowest BCUT2D eigenvalue weighted by Crippen LogP contribution is -2.50. The third-order valence-corrected chi connectivity index (χ3v) is 4.03. The molecule has 0 radical (unpaired) electrons. The molecule has 0 spiro atoms. The van der Waals surface area contributed by atoms with Gasteiger partial charge in [0.1, 0.15) is 0 Å². The maximum atomic E-state index is 12.6. The summed E-state index contributed by atoms with van der Waals surface area (Å²) in [6.07, 6.45) is 5.65. The highest BCUT2D eigenvalue weighted by atomic mass is 16.4. The van der Waals surface area contributed by atoms with Gasteiger partial charge in [-0.05, 0) is 31.6 Å². The van der Waals surface area contributed by atoms with E-state index in [9.17, 15) is 4.79 Å². The van der Waals surface area contributed by atoms with Gasteiger partial charge < -0.3 is 16.3 Å². The summed E-state index contributed by atoms with van der Waals surface area (Å²) in [6.45, 7) is 6.20. The molecule has 1 amide bonds. The van der Waals surface area contributed by atoms with Crippen molar-refractivity contribution in [3.8, 4) is 0 Å². The monoisotopic (exact) mass is 269 g/mol. The molecule has 0 saturated heterocycles. The number of carbonyl (C=O) groups is 1. The summed E-state index contributed by atoms with van der Waals surface area (Å²) < 4.78 is 0. The fourth-order valence-electron chi connectivity index (χ4n) is 3.12. The van der Waals surface area contributed by atoms with Crippen LogP contribution in [0.5, 0.6) is 0 Å². The lowest BCUT2D eigenvalue weighted by molar-refractivity contribution is -0.132. The van der Waals surface area contributed by atoms with E-state index in [-0.39, 0.29) is 23.2 Å². The van der Waals surface area contributed by atoms with Gasteiger partial charge in [0.25, 0.3) is 0 Å². The molecule has 110 valence electrons. The average Bonchev–Trinajstić information content (AvgIpc) is 2.83. The number of rotatable bonds is 6. The zero-order valence-corrected chi connectivity index (χ0v) is 12.3. The zero-order valence-electron chi connectivity index (χ0n) is 12.3. The molecule has 4 N–H and O–H groups in total. The normalized spacial score (nSPS) is 20.5. The van der Waals surface area contributed by atoms with E-state index >= 15 is 0 Å². The molecule has 1 rings (SSSR count). The number of amides is 1. The van der Waals surface area contributed by atoms with E-state index in [1.54, 1.807) is 0 Å². The molecule has 5 heteroatoms. The van der Waals surface area contributed by atoms with Gasteiger partial charge in [-0.15, -0.1) is 0 Å². The molecule has 1 aliphatic rings.